The Morgan fingerprint density at radius 1 is 0.923 bits per heavy atom. The van der Waals surface area contributed by atoms with E-state index in [0.717, 1.165) is 22.2 Å². The van der Waals surface area contributed by atoms with Crippen molar-refractivity contribution in [3.8, 4) is 0 Å². The summed E-state index contributed by atoms with van der Waals surface area (Å²) >= 11 is 0. The predicted octanol–water partition coefficient (Wildman–Crippen LogP) is 4.81. The Hall–Kier alpha value is -3.34. The van der Waals surface area contributed by atoms with Crippen LogP contribution in [0.1, 0.15) is 11.1 Å². The highest BCUT2D eigenvalue weighted by molar-refractivity contribution is 5.75. The van der Waals surface area contributed by atoms with Crippen molar-refractivity contribution in [2.24, 2.45) is 0 Å². The van der Waals surface area contributed by atoms with E-state index in [0.29, 0.717) is 18.2 Å². The van der Waals surface area contributed by atoms with Crippen molar-refractivity contribution in [2.75, 3.05) is 4.90 Å². The molecule has 0 aliphatic carbocycles. The molecule has 5 heteroatoms. The van der Waals surface area contributed by atoms with Gasteiger partial charge in [-0.25, -0.2) is 14.4 Å². The van der Waals surface area contributed by atoms with Gasteiger partial charge in [-0.05, 0) is 48.4 Å². The number of rotatable bonds is 4. The highest BCUT2D eigenvalue weighted by Gasteiger charge is 2.15. The molecule has 0 saturated heterocycles. The van der Waals surface area contributed by atoms with Gasteiger partial charge in [0.25, 0.3) is 0 Å². The Bertz CT molecular complexity index is 1060. The second-order valence-electron chi connectivity index (χ2n) is 6.07. The average molecular weight is 344 g/mol. The maximum atomic E-state index is 13.8. The second-order valence-corrected chi connectivity index (χ2v) is 6.07. The smallest absolute Gasteiger partial charge is 0.230 e. The van der Waals surface area contributed by atoms with E-state index in [9.17, 15) is 4.39 Å². The fourth-order valence-corrected chi connectivity index (χ4v) is 2.87. The van der Waals surface area contributed by atoms with Crippen LogP contribution in [0.15, 0.2) is 73.1 Å². The topological polar surface area (TPSA) is 41.9 Å². The van der Waals surface area contributed by atoms with Gasteiger partial charge in [-0.3, -0.25) is 4.98 Å². The summed E-state index contributed by atoms with van der Waals surface area (Å²) in [7, 11) is 0. The molecule has 0 bridgehead atoms. The molecule has 4 aromatic rings. The number of anilines is 2. The second kappa shape index (κ2) is 6.88. The van der Waals surface area contributed by atoms with Gasteiger partial charge in [-0.1, -0.05) is 30.3 Å². The number of fused-ring (bicyclic) bond motifs is 1. The average Bonchev–Trinajstić information content (AvgIpc) is 2.67. The molecule has 0 aliphatic heterocycles. The minimum atomic E-state index is -0.292. The lowest BCUT2D eigenvalue weighted by Gasteiger charge is -2.24. The summed E-state index contributed by atoms with van der Waals surface area (Å²) in [6.07, 6.45) is 3.41. The number of aryl methyl sites for hydroxylation is 1. The van der Waals surface area contributed by atoms with Gasteiger partial charge in [0, 0.05) is 11.9 Å². The number of aromatic nitrogens is 3. The number of pyridine rings is 1. The SMILES string of the molecule is Cc1ccccc1CN(c1cccc(F)c1)c1ncc2ncccc2n1. The van der Waals surface area contributed by atoms with Crippen LogP contribution in [0.3, 0.4) is 0 Å². The third-order valence-corrected chi connectivity index (χ3v) is 4.29. The number of halogens is 1. The summed E-state index contributed by atoms with van der Waals surface area (Å²) in [6.45, 7) is 2.60. The van der Waals surface area contributed by atoms with E-state index in [2.05, 4.69) is 34.0 Å². The number of benzene rings is 2. The molecular formula is C21H17FN4. The molecule has 0 amide bonds. The largest absolute Gasteiger partial charge is 0.306 e. The normalized spacial score (nSPS) is 10.8. The summed E-state index contributed by atoms with van der Waals surface area (Å²) in [5, 5.41) is 0. The Labute approximate surface area is 151 Å². The molecule has 0 atom stereocenters. The first-order valence-electron chi connectivity index (χ1n) is 8.36. The van der Waals surface area contributed by atoms with Gasteiger partial charge in [0.2, 0.25) is 5.95 Å². The Morgan fingerprint density at radius 3 is 2.65 bits per heavy atom. The molecule has 0 spiro atoms. The van der Waals surface area contributed by atoms with E-state index in [-0.39, 0.29) is 5.82 Å². The van der Waals surface area contributed by atoms with Crippen molar-refractivity contribution >= 4 is 22.7 Å². The summed E-state index contributed by atoms with van der Waals surface area (Å²) in [5.41, 5.74) is 4.48. The molecule has 26 heavy (non-hydrogen) atoms. The van der Waals surface area contributed by atoms with Crippen molar-refractivity contribution in [1.82, 2.24) is 15.0 Å². The zero-order valence-electron chi connectivity index (χ0n) is 14.3. The third-order valence-electron chi connectivity index (χ3n) is 4.29. The first kappa shape index (κ1) is 16.1. The monoisotopic (exact) mass is 344 g/mol. The van der Waals surface area contributed by atoms with E-state index in [1.807, 2.05) is 35.2 Å². The van der Waals surface area contributed by atoms with Gasteiger partial charge in [-0.2, -0.15) is 0 Å². The summed E-state index contributed by atoms with van der Waals surface area (Å²) in [6, 6.07) is 18.3. The van der Waals surface area contributed by atoms with Gasteiger partial charge in [-0.15, -0.1) is 0 Å². The third kappa shape index (κ3) is 3.24. The fraction of sp³-hybridized carbons (Fsp3) is 0.0952. The lowest BCUT2D eigenvalue weighted by atomic mass is 10.1. The summed E-state index contributed by atoms with van der Waals surface area (Å²) < 4.78 is 13.8. The zero-order valence-corrected chi connectivity index (χ0v) is 14.3. The maximum absolute atomic E-state index is 13.8. The van der Waals surface area contributed by atoms with E-state index < -0.39 is 0 Å². The van der Waals surface area contributed by atoms with Crippen molar-refractivity contribution in [3.05, 3.63) is 90.0 Å². The van der Waals surface area contributed by atoms with Crippen molar-refractivity contribution in [1.29, 1.82) is 0 Å². The van der Waals surface area contributed by atoms with Gasteiger partial charge >= 0.3 is 0 Å². The maximum Gasteiger partial charge on any atom is 0.230 e. The minimum absolute atomic E-state index is 0.292. The van der Waals surface area contributed by atoms with Crippen LogP contribution in [0.25, 0.3) is 11.0 Å². The van der Waals surface area contributed by atoms with Crippen LogP contribution >= 0.6 is 0 Å². The van der Waals surface area contributed by atoms with Crippen molar-refractivity contribution in [3.63, 3.8) is 0 Å². The minimum Gasteiger partial charge on any atom is -0.306 e. The molecule has 0 saturated carbocycles. The molecule has 2 aromatic heterocycles. The first-order chi connectivity index (χ1) is 12.7. The lowest BCUT2D eigenvalue weighted by molar-refractivity contribution is 0.627. The Balaban J connectivity index is 1.82. The molecule has 128 valence electrons. The summed E-state index contributed by atoms with van der Waals surface area (Å²) in [5.74, 6) is 0.221. The van der Waals surface area contributed by atoms with Crippen molar-refractivity contribution in [2.45, 2.75) is 13.5 Å². The van der Waals surface area contributed by atoms with Crippen molar-refractivity contribution < 1.29 is 4.39 Å². The number of hydrogen-bond donors (Lipinski definition) is 0. The number of nitrogens with zero attached hydrogens (tertiary/aromatic N) is 4. The summed E-state index contributed by atoms with van der Waals surface area (Å²) in [4.78, 5) is 15.3. The highest BCUT2D eigenvalue weighted by Crippen LogP contribution is 2.27. The molecule has 2 heterocycles. The van der Waals surface area contributed by atoms with Crippen LogP contribution in [-0.2, 0) is 6.54 Å². The predicted molar refractivity (Wildman–Crippen MR) is 101 cm³/mol. The van der Waals surface area contributed by atoms with Crippen LogP contribution in [0.2, 0.25) is 0 Å². The molecule has 0 aliphatic rings. The van der Waals surface area contributed by atoms with Crippen LogP contribution in [0.5, 0.6) is 0 Å². The van der Waals surface area contributed by atoms with Gasteiger partial charge in [0.05, 0.1) is 18.3 Å². The molecular weight excluding hydrogens is 327 g/mol. The number of hydrogen-bond acceptors (Lipinski definition) is 4. The van der Waals surface area contributed by atoms with E-state index in [1.165, 1.54) is 12.1 Å². The molecule has 0 fully saturated rings. The van der Waals surface area contributed by atoms with E-state index in [1.54, 1.807) is 18.5 Å². The fourth-order valence-electron chi connectivity index (χ4n) is 2.87. The van der Waals surface area contributed by atoms with Crippen LogP contribution in [-0.4, -0.2) is 15.0 Å². The van der Waals surface area contributed by atoms with Crippen LogP contribution < -0.4 is 4.90 Å². The van der Waals surface area contributed by atoms with Crippen LogP contribution in [0, 0.1) is 12.7 Å². The first-order valence-corrected chi connectivity index (χ1v) is 8.36. The van der Waals surface area contributed by atoms with Gasteiger partial charge in [0.1, 0.15) is 11.3 Å². The molecule has 0 N–H and O–H groups in total. The highest BCUT2D eigenvalue weighted by atomic mass is 19.1. The molecule has 0 unspecified atom stereocenters. The molecule has 4 nitrogen and oxygen atoms in total. The standard InChI is InChI=1S/C21H17FN4/c1-15-6-2-3-7-16(15)14-26(18-9-4-8-17(22)12-18)21-24-13-20-19(25-21)10-5-11-23-20/h2-13H,14H2,1H3. The van der Waals surface area contributed by atoms with Gasteiger partial charge in [0.15, 0.2) is 0 Å². The molecule has 2 aromatic carbocycles. The van der Waals surface area contributed by atoms with Gasteiger partial charge < -0.3 is 4.90 Å². The molecule has 0 radical (unpaired) electrons. The quantitative estimate of drug-likeness (QED) is 0.533. The van der Waals surface area contributed by atoms with E-state index in [4.69, 9.17) is 0 Å². The van der Waals surface area contributed by atoms with Crippen LogP contribution in [0.4, 0.5) is 16.0 Å². The Morgan fingerprint density at radius 2 is 1.81 bits per heavy atom. The van der Waals surface area contributed by atoms with E-state index >= 15 is 0 Å². The zero-order chi connectivity index (χ0) is 17.9. The molecule has 4 rings (SSSR count). The lowest BCUT2D eigenvalue weighted by Crippen LogP contribution is -2.20. The Kier molecular flexibility index (Phi) is 4.27.